The first-order valence-electron chi connectivity index (χ1n) is 7.86. The van der Waals surface area contributed by atoms with Gasteiger partial charge in [-0.15, -0.1) is 0 Å². The van der Waals surface area contributed by atoms with Crippen molar-refractivity contribution in [3.05, 3.63) is 0 Å². The van der Waals surface area contributed by atoms with E-state index in [1.807, 2.05) is 13.8 Å². The molecule has 2 saturated carbocycles. The Kier molecular flexibility index (Phi) is 4.12. The quantitative estimate of drug-likeness (QED) is 0.864. The summed E-state index contributed by atoms with van der Waals surface area (Å²) in [5.74, 6) is -0.945. The third kappa shape index (κ3) is 2.45. The maximum atomic E-state index is 12.0. The number of carboxylic acids is 1. The first-order valence-corrected chi connectivity index (χ1v) is 7.86. The van der Waals surface area contributed by atoms with Crippen molar-refractivity contribution in [3.63, 3.8) is 0 Å². The molecule has 4 heteroatoms. The zero-order valence-corrected chi connectivity index (χ0v) is 12.9. The number of carbonyl (C=O) groups excluding carboxylic acids is 1. The number of nitrogens with zero attached hydrogens (tertiary/aromatic N) is 1. The van der Waals surface area contributed by atoms with Crippen molar-refractivity contribution in [3.8, 4) is 0 Å². The monoisotopic (exact) mass is 281 g/mol. The number of rotatable bonds is 3. The van der Waals surface area contributed by atoms with Crippen molar-refractivity contribution in [1.82, 2.24) is 4.90 Å². The molecule has 0 atom stereocenters. The second-order valence-electron chi connectivity index (χ2n) is 7.03. The molecule has 0 bridgehead atoms. The Hall–Kier alpha value is -1.06. The van der Waals surface area contributed by atoms with Crippen molar-refractivity contribution in [2.75, 3.05) is 0 Å². The van der Waals surface area contributed by atoms with Gasteiger partial charge in [-0.2, -0.15) is 0 Å². The van der Waals surface area contributed by atoms with Crippen LogP contribution in [0.4, 0.5) is 0 Å². The Bertz CT molecular complexity index is 387. The predicted octanol–water partition coefficient (Wildman–Crippen LogP) is 3.20. The Balaban J connectivity index is 2.24. The van der Waals surface area contributed by atoms with Crippen LogP contribution < -0.4 is 0 Å². The van der Waals surface area contributed by atoms with E-state index in [1.165, 1.54) is 32.6 Å². The summed E-state index contributed by atoms with van der Waals surface area (Å²) in [4.78, 5) is 25.5. The molecule has 0 unspecified atom stereocenters. The molecule has 1 amide bonds. The molecular formula is C16H27NO3. The van der Waals surface area contributed by atoms with E-state index in [2.05, 4.69) is 0 Å². The first kappa shape index (κ1) is 15.3. The Morgan fingerprint density at radius 2 is 1.50 bits per heavy atom. The third-order valence-electron chi connectivity index (χ3n) is 5.52. The SMILES string of the molecule is CC(=O)N(C(C)C)C1(C(=O)O)CCC2(CCCC2)CC1. The molecule has 0 aliphatic heterocycles. The van der Waals surface area contributed by atoms with E-state index in [9.17, 15) is 14.7 Å². The topological polar surface area (TPSA) is 57.6 Å². The molecule has 2 rings (SSSR count). The second kappa shape index (κ2) is 5.38. The maximum absolute atomic E-state index is 12.0. The van der Waals surface area contributed by atoms with Gasteiger partial charge in [0.25, 0.3) is 0 Å². The second-order valence-corrected chi connectivity index (χ2v) is 7.03. The Labute approximate surface area is 121 Å². The fourth-order valence-electron chi connectivity index (χ4n) is 4.54. The molecule has 2 fully saturated rings. The number of aliphatic carboxylic acids is 1. The van der Waals surface area contributed by atoms with E-state index in [0.717, 1.165) is 12.8 Å². The highest BCUT2D eigenvalue weighted by Gasteiger charge is 2.52. The molecule has 0 radical (unpaired) electrons. The molecule has 0 aromatic heterocycles. The summed E-state index contributed by atoms with van der Waals surface area (Å²) in [6.07, 6.45) is 8.17. The fourth-order valence-corrected chi connectivity index (χ4v) is 4.54. The van der Waals surface area contributed by atoms with Crippen LogP contribution in [0.1, 0.15) is 72.1 Å². The molecule has 0 heterocycles. The lowest BCUT2D eigenvalue weighted by Crippen LogP contribution is -2.61. The van der Waals surface area contributed by atoms with Crippen LogP contribution in [0, 0.1) is 5.41 Å². The van der Waals surface area contributed by atoms with Gasteiger partial charge in [0, 0.05) is 13.0 Å². The normalized spacial score (nSPS) is 24.0. The molecule has 20 heavy (non-hydrogen) atoms. The lowest BCUT2D eigenvalue weighted by molar-refractivity contribution is -0.165. The molecule has 0 aromatic rings. The van der Waals surface area contributed by atoms with Crippen LogP contribution >= 0.6 is 0 Å². The minimum atomic E-state index is -0.978. The average Bonchev–Trinajstić information content (AvgIpc) is 2.80. The Morgan fingerprint density at radius 1 is 1.00 bits per heavy atom. The van der Waals surface area contributed by atoms with Gasteiger partial charge in [-0.05, 0) is 57.8 Å². The molecule has 1 N–H and O–H groups in total. The first-order chi connectivity index (χ1) is 9.33. The highest BCUT2D eigenvalue weighted by molar-refractivity contribution is 5.86. The van der Waals surface area contributed by atoms with Crippen LogP contribution in [0.5, 0.6) is 0 Å². The molecule has 2 aliphatic rings. The van der Waals surface area contributed by atoms with Gasteiger partial charge in [-0.3, -0.25) is 4.79 Å². The van der Waals surface area contributed by atoms with Crippen molar-refractivity contribution in [1.29, 1.82) is 0 Å². The lowest BCUT2D eigenvalue weighted by Gasteiger charge is -2.49. The van der Waals surface area contributed by atoms with Crippen molar-refractivity contribution >= 4 is 11.9 Å². The van der Waals surface area contributed by atoms with E-state index in [1.54, 1.807) is 4.90 Å². The van der Waals surface area contributed by atoms with Crippen LogP contribution in [0.2, 0.25) is 0 Å². The maximum Gasteiger partial charge on any atom is 0.329 e. The zero-order valence-electron chi connectivity index (χ0n) is 12.9. The summed E-state index contributed by atoms with van der Waals surface area (Å²) < 4.78 is 0. The molecule has 0 aromatic carbocycles. The van der Waals surface area contributed by atoms with Gasteiger partial charge in [0.1, 0.15) is 5.54 Å². The molecule has 114 valence electrons. The average molecular weight is 281 g/mol. The van der Waals surface area contributed by atoms with Gasteiger partial charge in [0.2, 0.25) is 5.91 Å². The predicted molar refractivity (Wildman–Crippen MR) is 77.4 cm³/mol. The summed E-state index contributed by atoms with van der Waals surface area (Å²) in [6, 6.07) is -0.0683. The Morgan fingerprint density at radius 3 is 1.85 bits per heavy atom. The third-order valence-corrected chi connectivity index (χ3v) is 5.52. The van der Waals surface area contributed by atoms with E-state index in [4.69, 9.17) is 0 Å². The van der Waals surface area contributed by atoms with Crippen molar-refractivity contribution in [2.45, 2.75) is 83.7 Å². The molecular weight excluding hydrogens is 254 g/mol. The zero-order chi connectivity index (χ0) is 15.0. The highest BCUT2D eigenvalue weighted by atomic mass is 16.4. The molecule has 4 nitrogen and oxygen atoms in total. The fraction of sp³-hybridized carbons (Fsp3) is 0.875. The molecule has 1 spiro atoms. The standard InChI is InChI=1S/C16H27NO3/c1-12(2)17(13(3)18)16(14(19)20)10-8-15(9-11-16)6-4-5-7-15/h12H,4-11H2,1-3H3,(H,19,20). The smallest absolute Gasteiger partial charge is 0.329 e. The van der Waals surface area contributed by atoms with E-state index >= 15 is 0 Å². The summed E-state index contributed by atoms with van der Waals surface area (Å²) in [5.41, 5.74) is -0.605. The number of carboxylic acid groups (broad SMARTS) is 1. The lowest BCUT2D eigenvalue weighted by atomic mass is 9.65. The number of hydrogen-bond donors (Lipinski definition) is 1. The minimum Gasteiger partial charge on any atom is -0.479 e. The number of amides is 1. The van der Waals surface area contributed by atoms with Crippen LogP contribution in [-0.4, -0.2) is 33.5 Å². The largest absolute Gasteiger partial charge is 0.479 e. The van der Waals surface area contributed by atoms with Crippen molar-refractivity contribution in [2.24, 2.45) is 5.41 Å². The minimum absolute atomic E-state index is 0.0683. The van der Waals surface area contributed by atoms with Crippen molar-refractivity contribution < 1.29 is 14.7 Å². The van der Waals surface area contributed by atoms with Gasteiger partial charge in [-0.1, -0.05) is 12.8 Å². The van der Waals surface area contributed by atoms with E-state index < -0.39 is 11.5 Å². The van der Waals surface area contributed by atoms with Crippen LogP contribution in [-0.2, 0) is 9.59 Å². The van der Waals surface area contributed by atoms with Gasteiger partial charge >= 0.3 is 5.97 Å². The van der Waals surface area contributed by atoms with Crippen LogP contribution in [0.25, 0.3) is 0 Å². The number of carbonyl (C=O) groups is 2. The van der Waals surface area contributed by atoms with Gasteiger partial charge < -0.3 is 10.0 Å². The van der Waals surface area contributed by atoms with E-state index in [-0.39, 0.29) is 11.9 Å². The highest BCUT2D eigenvalue weighted by Crippen LogP contribution is 2.52. The summed E-state index contributed by atoms with van der Waals surface area (Å²) in [5, 5.41) is 9.79. The molecule has 0 saturated heterocycles. The van der Waals surface area contributed by atoms with E-state index in [0.29, 0.717) is 18.3 Å². The van der Waals surface area contributed by atoms with Gasteiger partial charge in [0.15, 0.2) is 0 Å². The summed E-state index contributed by atoms with van der Waals surface area (Å²) in [7, 11) is 0. The van der Waals surface area contributed by atoms with Crippen LogP contribution in [0.15, 0.2) is 0 Å². The summed E-state index contributed by atoms with van der Waals surface area (Å²) >= 11 is 0. The molecule has 2 aliphatic carbocycles. The van der Waals surface area contributed by atoms with Crippen LogP contribution in [0.3, 0.4) is 0 Å². The summed E-state index contributed by atoms with van der Waals surface area (Å²) in [6.45, 7) is 5.31. The van der Waals surface area contributed by atoms with Gasteiger partial charge in [0.05, 0.1) is 0 Å². The van der Waals surface area contributed by atoms with Gasteiger partial charge in [-0.25, -0.2) is 4.79 Å². The number of hydrogen-bond acceptors (Lipinski definition) is 2.